The van der Waals surface area contributed by atoms with Crippen LogP contribution in [0.1, 0.15) is 6.92 Å². The maximum absolute atomic E-state index is 11.0. The van der Waals surface area contributed by atoms with Crippen molar-refractivity contribution in [3.05, 3.63) is 36.4 Å². The first-order valence-electron chi connectivity index (χ1n) is 3.95. The molecule has 0 aliphatic carbocycles. The second kappa shape index (κ2) is 4.30. The number of anilines is 1. The minimum absolute atomic E-state index is 0.137. The van der Waals surface area contributed by atoms with Crippen LogP contribution in [-0.2, 0) is 4.79 Å². The number of nitrogens with one attached hydrogen (secondary N) is 1. The molecule has 0 saturated heterocycles. The fourth-order valence-electron chi connectivity index (χ4n) is 0.919. The highest BCUT2D eigenvalue weighted by atomic mass is 16.3. The molecule has 0 saturated carbocycles. The second-order valence-corrected chi connectivity index (χ2v) is 2.54. The Bertz CT molecular complexity index is 331. The first kappa shape index (κ1) is 9.32. The molecule has 1 amide bonds. The van der Waals surface area contributed by atoms with Crippen LogP contribution >= 0.6 is 0 Å². The number of rotatable bonds is 2. The van der Waals surface area contributed by atoms with Gasteiger partial charge in [-0.1, -0.05) is 12.1 Å². The Morgan fingerprint density at radius 3 is 2.92 bits per heavy atom. The third-order valence-corrected chi connectivity index (χ3v) is 1.43. The molecule has 3 nitrogen and oxygen atoms in total. The number of amides is 1. The normalized spacial score (nSPS) is 10.2. The summed E-state index contributed by atoms with van der Waals surface area (Å²) in [7, 11) is 0. The van der Waals surface area contributed by atoms with Gasteiger partial charge in [0.25, 0.3) is 0 Å². The molecule has 0 aliphatic heterocycles. The zero-order chi connectivity index (χ0) is 9.68. The molecule has 1 aromatic rings. The number of hydrogen-bond donors (Lipinski definition) is 2. The van der Waals surface area contributed by atoms with Crippen molar-refractivity contribution in [2.45, 2.75) is 6.92 Å². The van der Waals surface area contributed by atoms with Crippen molar-refractivity contribution in [3.63, 3.8) is 0 Å². The molecular formula is C10H11NO2. The molecule has 0 spiro atoms. The van der Waals surface area contributed by atoms with Gasteiger partial charge in [-0.15, -0.1) is 0 Å². The third kappa shape index (κ3) is 2.99. The molecule has 0 aromatic heterocycles. The topological polar surface area (TPSA) is 49.3 Å². The van der Waals surface area contributed by atoms with Crippen LogP contribution in [0.25, 0.3) is 0 Å². The third-order valence-electron chi connectivity index (χ3n) is 1.43. The van der Waals surface area contributed by atoms with E-state index in [4.69, 9.17) is 5.11 Å². The van der Waals surface area contributed by atoms with Gasteiger partial charge in [-0.05, 0) is 25.1 Å². The average Bonchev–Trinajstić information content (AvgIpc) is 2.04. The minimum atomic E-state index is -0.201. The Balaban J connectivity index is 2.69. The van der Waals surface area contributed by atoms with Crippen molar-refractivity contribution >= 4 is 11.6 Å². The van der Waals surface area contributed by atoms with E-state index in [1.165, 1.54) is 12.1 Å². The van der Waals surface area contributed by atoms with Crippen molar-refractivity contribution < 1.29 is 9.90 Å². The zero-order valence-electron chi connectivity index (χ0n) is 7.32. The number of phenols is 1. The maximum Gasteiger partial charge on any atom is 0.248 e. The largest absolute Gasteiger partial charge is 0.508 e. The minimum Gasteiger partial charge on any atom is -0.508 e. The van der Waals surface area contributed by atoms with Gasteiger partial charge in [0.1, 0.15) is 5.75 Å². The van der Waals surface area contributed by atoms with E-state index in [1.54, 1.807) is 31.2 Å². The van der Waals surface area contributed by atoms with Crippen LogP contribution in [0.3, 0.4) is 0 Å². The van der Waals surface area contributed by atoms with Crippen molar-refractivity contribution in [2.75, 3.05) is 5.32 Å². The zero-order valence-corrected chi connectivity index (χ0v) is 7.32. The molecule has 0 aliphatic rings. The van der Waals surface area contributed by atoms with E-state index in [2.05, 4.69) is 5.32 Å². The van der Waals surface area contributed by atoms with Gasteiger partial charge < -0.3 is 10.4 Å². The number of benzene rings is 1. The number of phenolic OH excluding ortho intramolecular Hbond substituents is 1. The number of carbonyl (C=O) groups is 1. The van der Waals surface area contributed by atoms with Crippen LogP contribution in [0, 0.1) is 0 Å². The molecule has 0 bridgehead atoms. The summed E-state index contributed by atoms with van der Waals surface area (Å²) in [5.41, 5.74) is 0.586. The smallest absolute Gasteiger partial charge is 0.248 e. The van der Waals surface area contributed by atoms with E-state index in [0.29, 0.717) is 5.69 Å². The lowest BCUT2D eigenvalue weighted by Crippen LogP contribution is -2.07. The van der Waals surface area contributed by atoms with Crippen LogP contribution in [0.2, 0.25) is 0 Å². The predicted molar refractivity (Wildman–Crippen MR) is 51.6 cm³/mol. The Hall–Kier alpha value is -1.77. The summed E-state index contributed by atoms with van der Waals surface area (Å²) >= 11 is 0. The molecule has 1 rings (SSSR count). The fraction of sp³-hybridized carbons (Fsp3) is 0.100. The first-order valence-corrected chi connectivity index (χ1v) is 3.95. The highest BCUT2D eigenvalue weighted by Gasteiger charge is 1.96. The van der Waals surface area contributed by atoms with E-state index in [0.717, 1.165) is 0 Å². The number of carbonyl (C=O) groups excluding carboxylic acids is 1. The van der Waals surface area contributed by atoms with Gasteiger partial charge in [0.15, 0.2) is 0 Å². The van der Waals surface area contributed by atoms with E-state index in [9.17, 15) is 4.79 Å². The summed E-state index contributed by atoms with van der Waals surface area (Å²) in [6, 6.07) is 6.41. The van der Waals surface area contributed by atoms with Gasteiger partial charge in [0.05, 0.1) is 0 Å². The van der Waals surface area contributed by atoms with E-state index >= 15 is 0 Å². The number of allylic oxidation sites excluding steroid dienone is 1. The predicted octanol–water partition coefficient (Wildman–Crippen LogP) is 1.91. The Morgan fingerprint density at radius 2 is 2.31 bits per heavy atom. The van der Waals surface area contributed by atoms with Gasteiger partial charge in [0, 0.05) is 11.8 Å². The highest BCUT2D eigenvalue weighted by Crippen LogP contribution is 2.14. The number of aromatic hydroxyl groups is 1. The van der Waals surface area contributed by atoms with Crippen LogP contribution in [0.15, 0.2) is 36.4 Å². The van der Waals surface area contributed by atoms with Gasteiger partial charge in [-0.3, -0.25) is 4.79 Å². The molecule has 0 unspecified atom stereocenters. The van der Waals surface area contributed by atoms with Crippen LogP contribution in [0.5, 0.6) is 5.75 Å². The Morgan fingerprint density at radius 1 is 1.54 bits per heavy atom. The molecule has 2 N–H and O–H groups in total. The molecule has 1 aromatic carbocycles. The fourth-order valence-corrected chi connectivity index (χ4v) is 0.919. The molecule has 3 heteroatoms. The van der Waals surface area contributed by atoms with Crippen molar-refractivity contribution in [1.82, 2.24) is 0 Å². The molecule has 68 valence electrons. The van der Waals surface area contributed by atoms with Gasteiger partial charge in [0.2, 0.25) is 5.91 Å². The summed E-state index contributed by atoms with van der Waals surface area (Å²) in [5, 5.41) is 11.7. The summed E-state index contributed by atoms with van der Waals surface area (Å²) in [4.78, 5) is 11.0. The molecular weight excluding hydrogens is 166 g/mol. The van der Waals surface area contributed by atoms with Gasteiger partial charge in [-0.2, -0.15) is 0 Å². The summed E-state index contributed by atoms with van der Waals surface area (Å²) in [6.07, 6.45) is 3.07. The Labute approximate surface area is 76.7 Å². The lowest BCUT2D eigenvalue weighted by Gasteiger charge is -2.01. The van der Waals surface area contributed by atoms with E-state index in [-0.39, 0.29) is 11.7 Å². The van der Waals surface area contributed by atoms with Crippen molar-refractivity contribution in [3.8, 4) is 5.75 Å². The van der Waals surface area contributed by atoms with Gasteiger partial charge in [-0.25, -0.2) is 0 Å². The number of hydrogen-bond acceptors (Lipinski definition) is 2. The second-order valence-electron chi connectivity index (χ2n) is 2.54. The average molecular weight is 177 g/mol. The molecule has 0 heterocycles. The monoisotopic (exact) mass is 177 g/mol. The highest BCUT2D eigenvalue weighted by molar-refractivity contribution is 5.99. The molecule has 13 heavy (non-hydrogen) atoms. The van der Waals surface area contributed by atoms with E-state index in [1.807, 2.05) is 0 Å². The van der Waals surface area contributed by atoms with Gasteiger partial charge >= 0.3 is 0 Å². The van der Waals surface area contributed by atoms with Crippen molar-refractivity contribution in [1.29, 1.82) is 0 Å². The maximum atomic E-state index is 11.0. The Kier molecular flexibility index (Phi) is 3.09. The molecule has 0 radical (unpaired) electrons. The quantitative estimate of drug-likeness (QED) is 0.678. The SMILES string of the molecule is CC=CC(=O)Nc1cccc(O)c1. The molecule has 0 atom stereocenters. The van der Waals surface area contributed by atoms with Crippen molar-refractivity contribution in [2.24, 2.45) is 0 Å². The summed E-state index contributed by atoms with van der Waals surface area (Å²) < 4.78 is 0. The lowest BCUT2D eigenvalue weighted by atomic mass is 10.3. The summed E-state index contributed by atoms with van der Waals surface area (Å²) in [6.45, 7) is 1.77. The summed E-state index contributed by atoms with van der Waals surface area (Å²) in [5.74, 6) is -0.0635. The van der Waals surface area contributed by atoms with Crippen LogP contribution in [0.4, 0.5) is 5.69 Å². The van der Waals surface area contributed by atoms with Crippen LogP contribution in [-0.4, -0.2) is 11.0 Å². The molecule has 0 fully saturated rings. The van der Waals surface area contributed by atoms with Crippen LogP contribution < -0.4 is 5.32 Å². The first-order chi connectivity index (χ1) is 6.22. The lowest BCUT2D eigenvalue weighted by molar-refractivity contribution is -0.111. The standard InChI is InChI=1S/C10H11NO2/c1-2-4-10(13)11-8-5-3-6-9(12)7-8/h2-7,12H,1H3,(H,11,13). The van der Waals surface area contributed by atoms with E-state index < -0.39 is 0 Å².